The monoisotopic (exact) mass is 379 g/mol. The molecule has 124 valence electrons. The average molecular weight is 380 g/mol. The number of nitrogens with zero attached hydrogens (tertiary/aromatic N) is 4. The second-order valence-corrected chi connectivity index (χ2v) is 7.42. The normalized spacial score (nSPS) is 10.8. The topological polar surface area (TPSA) is 72.7 Å². The van der Waals surface area contributed by atoms with Crippen LogP contribution in [0.25, 0.3) is 0 Å². The summed E-state index contributed by atoms with van der Waals surface area (Å²) >= 11 is 9.19. The summed E-state index contributed by atoms with van der Waals surface area (Å²) in [5.74, 6) is -0.210. The number of benzene rings is 1. The van der Waals surface area contributed by atoms with E-state index in [2.05, 4.69) is 20.6 Å². The first-order chi connectivity index (χ1) is 11.6. The lowest BCUT2D eigenvalue weighted by Gasteiger charge is -2.08. The molecule has 0 saturated heterocycles. The molecule has 0 unspecified atom stereocenters. The molecular formula is C15H14ClN5OS2. The molecule has 2 heterocycles. The zero-order chi connectivity index (χ0) is 17.1. The van der Waals surface area contributed by atoms with Crippen LogP contribution in [-0.2, 0) is 6.54 Å². The number of carbonyl (C=O) groups excluding carboxylic acids is 1. The van der Waals surface area contributed by atoms with Crippen LogP contribution >= 0.6 is 34.7 Å². The number of anilines is 1. The SMILES string of the molecule is CCn1nc(C)cc1C(=O)Nc1ccc(Sc2nncs2)c(Cl)c1. The van der Waals surface area contributed by atoms with Crippen molar-refractivity contribution in [1.29, 1.82) is 0 Å². The summed E-state index contributed by atoms with van der Waals surface area (Å²) in [4.78, 5) is 13.3. The first-order valence-electron chi connectivity index (χ1n) is 7.16. The van der Waals surface area contributed by atoms with Crippen molar-refractivity contribution in [3.8, 4) is 0 Å². The molecule has 0 aliphatic carbocycles. The minimum Gasteiger partial charge on any atom is -0.321 e. The quantitative estimate of drug-likeness (QED) is 0.721. The molecule has 0 atom stereocenters. The van der Waals surface area contributed by atoms with Crippen molar-refractivity contribution in [1.82, 2.24) is 20.0 Å². The molecule has 3 rings (SSSR count). The highest BCUT2D eigenvalue weighted by Crippen LogP contribution is 2.35. The molecule has 0 radical (unpaired) electrons. The van der Waals surface area contributed by atoms with Gasteiger partial charge in [0.15, 0.2) is 4.34 Å². The van der Waals surface area contributed by atoms with Gasteiger partial charge in [0.2, 0.25) is 0 Å². The largest absolute Gasteiger partial charge is 0.321 e. The summed E-state index contributed by atoms with van der Waals surface area (Å²) in [6, 6.07) is 7.15. The lowest BCUT2D eigenvalue weighted by molar-refractivity contribution is 0.101. The van der Waals surface area contributed by atoms with Crippen molar-refractivity contribution >= 4 is 46.3 Å². The third-order valence-corrected chi connectivity index (χ3v) is 5.44. The highest BCUT2D eigenvalue weighted by atomic mass is 35.5. The van der Waals surface area contributed by atoms with E-state index in [1.54, 1.807) is 22.3 Å². The molecule has 9 heteroatoms. The summed E-state index contributed by atoms with van der Waals surface area (Å²) < 4.78 is 2.49. The van der Waals surface area contributed by atoms with E-state index in [-0.39, 0.29) is 5.91 Å². The van der Waals surface area contributed by atoms with E-state index in [9.17, 15) is 4.79 Å². The van der Waals surface area contributed by atoms with Crippen LogP contribution in [0.2, 0.25) is 5.02 Å². The summed E-state index contributed by atoms with van der Waals surface area (Å²) in [6.07, 6.45) is 0. The van der Waals surface area contributed by atoms with Crippen LogP contribution < -0.4 is 5.32 Å². The molecule has 0 saturated carbocycles. The summed E-state index contributed by atoms with van der Waals surface area (Å²) in [5.41, 5.74) is 3.64. The fourth-order valence-electron chi connectivity index (χ4n) is 2.13. The van der Waals surface area contributed by atoms with Crippen molar-refractivity contribution in [3.05, 3.63) is 46.2 Å². The van der Waals surface area contributed by atoms with Gasteiger partial charge in [0, 0.05) is 17.1 Å². The molecule has 2 aromatic heterocycles. The van der Waals surface area contributed by atoms with Gasteiger partial charge in [0.25, 0.3) is 5.91 Å². The van der Waals surface area contributed by atoms with E-state index in [0.717, 1.165) is 14.9 Å². The first kappa shape index (κ1) is 16.9. The Balaban J connectivity index is 1.75. The van der Waals surface area contributed by atoms with Crippen molar-refractivity contribution in [3.63, 3.8) is 0 Å². The van der Waals surface area contributed by atoms with Crippen molar-refractivity contribution in [2.75, 3.05) is 5.32 Å². The average Bonchev–Trinajstić information content (AvgIpc) is 3.19. The molecule has 0 spiro atoms. The molecule has 1 aromatic carbocycles. The Hall–Kier alpha value is -1.90. The Bertz CT molecular complexity index is 863. The molecule has 24 heavy (non-hydrogen) atoms. The zero-order valence-corrected chi connectivity index (χ0v) is 15.4. The van der Waals surface area contributed by atoms with Crippen LogP contribution in [0.1, 0.15) is 23.1 Å². The van der Waals surface area contributed by atoms with Crippen molar-refractivity contribution in [2.45, 2.75) is 29.6 Å². The van der Waals surface area contributed by atoms with Gasteiger partial charge in [-0.1, -0.05) is 34.7 Å². The first-order valence-corrected chi connectivity index (χ1v) is 9.23. The number of aryl methyl sites for hydroxylation is 2. The van der Waals surface area contributed by atoms with E-state index in [1.807, 2.05) is 26.0 Å². The zero-order valence-electron chi connectivity index (χ0n) is 13.0. The lowest BCUT2D eigenvalue weighted by atomic mass is 10.3. The summed E-state index contributed by atoms with van der Waals surface area (Å²) in [6.45, 7) is 4.44. The van der Waals surface area contributed by atoms with E-state index in [0.29, 0.717) is 22.9 Å². The van der Waals surface area contributed by atoms with Crippen LogP contribution in [0.15, 0.2) is 39.0 Å². The standard InChI is InChI=1S/C15H14ClN5OS2/c1-3-21-12(6-9(2)20-21)14(22)18-10-4-5-13(11(16)7-10)24-15-19-17-8-23-15/h4-8H,3H2,1-2H3,(H,18,22). The molecule has 1 amide bonds. The van der Waals surface area contributed by atoms with E-state index >= 15 is 0 Å². The maximum atomic E-state index is 12.4. The second kappa shape index (κ2) is 7.33. The molecule has 0 bridgehead atoms. The van der Waals surface area contributed by atoms with E-state index in [1.165, 1.54) is 23.1 Å². The molecule has 0 aliphatic heterocycles. The van der Waals surface area contributed by atoms with Crippen LogP contribution in [0.4, 0.5) is 5.69 Å². The molecule has 0 fully saturated rings. The predicted octanol–water partition coefficient (Wildman–Crippen LogP) is 4.12. The van der Waals surface area contributed by atoms with Gasteiger partial charge in [0.05, 0.1) is 10.7 Å². The van der Waals surface area contributed by atoms with Gasteiger partial charge in [0.1, 0.15) is 11.2 Å². The van der Waals surface area contributed by atoms with Gasteiger partial charge in [-0.25, -0.2) is 0 Å². The Morgan fingerprint density at radius 2 is 2.25 bits per heavy atom. The number of carbonyl (C=O) groups is 1. The Kier molecular flexibility index (Phi) is 5.17. The smallest absolute Gasteiger partial charge is 0.273 e. The number of hydrogen-bond acceptors (Lipinski definition) is 6. The van der Waals surface area contributed by atoms with Gasteiger partial charge in [-0.15, -0.1) is 10.2 Å². The maximum absolute atomic E-state index is 12.4. The number of aromatic nitrogens is 4. The summed E-state index contributed by atoms with van der Waals surface area (Å²) in [7, 11) is 0. The number of halogens is 1. The molecule has 3 aromatic rings. The molecule has 6 nitrogen and oxygen atoms in total. The van der Waals surface area contributed by atoms with E-state index < -0.39 is 0 Å². The Morgan fingerprint density at radius 3 is 2.92 bits per heavy atom. The fourth-order valence-corrected chi connectivity index (χ4v) is 3.86. The van der Waals surface area contributed by atoms with Gasteiger partial charge in [-0.2, -0.15) is 5.10 Å². The molecule has 1 N–H and O–H groups in total. The minimum atomic E-state index is -0.210. The van der Waals surface area contributed by atoms with Crippen molar-refractivity contribution in [2.24, 2.45) is 0 Å². The fraction of sp³-hybridized carbons (Fsp3) is 0.200. The molecule has 0 aliphatic rings. The van der Waals surface area contributed by atoms with Crippen LogP contribution in [-0.4, -0.2) is 25.9 Å². The Morgan fingerprint density at radius 1 is 1.42 bits per heavy atom. The number of rotatable bonds is 5. The van der Waals surface area contributed by atoms with Crippen LogP contribution in [0, 0.1) is 6.92 Å². The highest BCUT2D eigenvalue weighted by Gasteiger charge is 2.14. The van der Waals surface area contributed by atoms with Gasteiger partial charge in [-0.3, -0.25) is 9.48 Å². The second-order valence-electron chi connectivity index (χ2n) is 4.89. The lowest BCUT2D eigenvalue weighted by Crippen LogP contribution is -2.17. The van der Waals surface area contributed by atoms with Crippen LogP contribution in [0.3, 0.4) is 0 Å². The van der Waals surface area contributed by atoms with E-state index in [4.69, 9.17) is 11.6 Å². The highest BCUT2D eigenvalue weighted by molar-refractivity contribution is 8.01. The number of hydrogen-bond donors (Lipinski definition) is 1. The van der Waals surface area contributed by atoms with Gasteiger partial charge >= 0.3 is 0 Å². The third-order valence-electron chi connectivity index (χ3n) is 3.16. The maximum Gasteiger partial charge on any atom is 0.273 e. The number of nitrogens with one attached hydrogen (secondary N) is 1. The molecular weight excluding hydrogens is 366 g/mol. The number of amides is 1. The summed E-state index contributed by atoms with van der Waals surface area (Å²) in [5, 5.41) is 15.5. The minimum absolute atomic E-state index is 0.210. The predicted molar refractivity (Wildman–Crippen MR) is 96.1 cm³/mol. The third kappa shape index (κ3) is 3.77. The van der Waals surface area contributed by atoms with Gasteiger partial charge in [-0.05, 0) is 38.1 Å². The van der Waals surface area contributed by atoms with Gasteiger partial charge < -0.3 is 5.32 Å². The Labute approximate surface area is 152 Å². The van der Waals surface area contributed by atoms with Crippen molar-refractivity contribution < 1.29 is 4.79 Å². The van der Waals surface area contributed by atoms with Crippen LogP contribution in [0.5, 0.6) is 0 Å².